The van der Waals surface area contributed by atoms with E-state index in [9.17, 15) is 13.2 Å². The number of carbonyl (C=O) groups is 1. The zero-order chi connectivity index (χ0) is 20.1. The summed E-state index contributed by atoms with van der Waals surface area (Å²) < 4.78 is 37.0. The van der Waals surface area contributed by atoms with Gasteiger partial charge in [0.2, 0.25) is 10.0 Å². The molecule has 1 aliphatic rings. The zero-order valence-corrected chi connectivity index (χ0v) is 16.7. The van der Waals surface area contributed by atoms with Crippen molar-refractivity contribution in [1.82, 2.24) is 9.62 Å². The fourth-order valence-electron chi connectivity index (χ4n) is 2.97. The highest BCUT2D eigenvalue weighted by Crippen LogP contribution is 2.20. The number of rotatable bonds is 6. The van der Waals surface area contributed by atoms with Crippen LogP contribution in [0.25, 0.3) is 0 Å². The Bertz CT molecular complexity index is 905. The van der Waals surface area contributed by atoms with Crippen molar-refractivity contribution >= 4 is 15.9 Å². The highest BCUT2D eigenvalue weighted by molar-refractivity contribution is 7.89. The molecule has 1 heterocycles. The third-order valence-electron chi connectivity index (χ3n) is 4.69. The molecule has 1 aliphatic heterocycles. The van der Waals surface area contributed by atoms with Gasteiger partial charge in [-0.2, -0.15) is 4.31 Å². The molecule has 0 saturated carbocycles. The molecule has 2 aromatic rings. The maximum atomic E-state index is 12.6. The minimum atomic E-state index is -3.57. The minimum absolute atomic E-state index is 0.175. The van der Waals surface area contributed by atoms with Gasteiger partial charge >= 0.3 is 0 Å². The molecule has 0 aliphatic carbocycles. The van der Waals surface area contributed by atoms with Crippen molar-refractivity contribution in [1.29, 1.82) is 0 Å². The predicted molar refractivity (Wildman–Crippen MR) is 105 cm³/mol. The molecular formula is C20H24N2O5S. The van der Waals surface area contributed by atoms with Gasteiger partial charge in [-0.1, -0.05) is 12.1 Å². The summed E-state index contributed by atoms with van der Waals surface area (Å²) in [5.74, 6) is 0.484. The molecule has 0 unspecified atom stereocenters. The highest BCUT2D eigenvalue weighted by Gasteiger charge is 2.26. The largest absolute Gasteiger partial charge is 0.497 e. The first kappa shape index (κ1) is 20.3. The lowest BCUT2D eigenvalue weighted by atomic mass is 10.1. The average Bonchev–Trinajstić information content (AvgIpc) is 2.74. The van der Waals surface area contributed by atoms with Crippen LogP contribution < -0.4 is 10.1 Å². The minimum Gasteiger partial charge on any atom is -0.497 e. The van der Waals surface area contributed by atoms with E-state index in [1.807, 2.05) is 31.2 Å². The van der Waals surface area contributed by atoms with Gasteiger partial charge in [-0.25, -0.2) is 8.42 Å². The summed E-state index contributed by atoms with van der Waals surface area (Å²) in [5.41, 5.74) is 1.35. The van der Waals surface area contributed by atoms with Gasteiger partial charge in [-0.3, -0.25) is 4.79 Å². The fourth-order valence-corrected chi connectivity index (χ4v) is 4.38. The summed E-state index contributed by atoms with van der Waals surface area (Å²) in [6.07, 6.45) is 0. The standard InChI is InChI=1S/C20H24N2O5S/c1-15(16-3-7-18(26-2)8-4-16)21-20(23)17-5-9-19(10-6-17)28(24,25)22-11-13-27-14-12-22/h3-10,15H,11-14H2,1-2H3,(H,21,23)/t15-/m1/s1. The second kappa shape index (κ2) is 8.72. The molecule has 1 saturated heterocycles. The van der Waals surface area contributed by atoms with Crippen molar-refractivity contribution in [2.45, 2.75) is 17.9 Å². The number of nitrogens with zero attached hydrogens (tertiary/aromatic N) is 1. The summed E-state index contributed by atoms with van der Waals surface area (Å²) in [6.45, 7) is 3.34. The van der Waals surface area contributed by atoms with Crippen LogP contribution in [0.5, 0.6) is 5.75 Å². The predicted octanol–water partition coefficient (Wildman–Crippen LogP) is 2.21. The van der Waals surface area contributed by atoms with E-state index in [1.165, 1.54) is 28.6 Å². The van der Waals surface area contributed by atoms with Gasteiger partial charge in [0.1, 0.15) is 5.75 Å². The summed E-state index contributed by atoms with van der Waals surface area (Å²) in [7, 11) is -1.97. The summed E-state index contributed by atoms with van der Waals surface area (Å²) in [6, 6.07) is 13.3. The molecule has 1 amide bonds. The monoisotopic (exact) mass is 404 g/mol. The van der Waals surface area contributed by atoms with Gasteiger partial charge in [-0.15, -0.1) is 0 Å². The van der Waals surface area contributed by atoms with Crippen molar-refractivity contribution in [3.63, 3.8) is 0 Å². The Labute approximate surface area is 165 Å². The molecule has 0 radical (unpaired) electrons. The van der Waals surface area contributed by atoms with Crippen LogP contribution in [0.15, 0.2) is 53.4 Å². The van der Waals surface area contributed by atoms with E-state index in [-0.39, 0.29) is 16.8 Å². The van der Waals surface area contributed by atoms with Crippen LogP contribution >= 0.6 is 0 Å². The maximum absolute atomic E-state index is 12.6. The molecule has 2 aromatic carbocycles. The van der Waals surface area contributed by atoms with E-state index in [0.29, 0.717) is 31.9 Å². The van der Waals surface area contributed by atoms with Gasteiger partial charge in [-0.05, 0) is 48.9 Å². The first-order valence-corrected chi connectivity index (χ1v) is 10.5. The molecule has 0 aromatic heterocycles. The Balaban J connectivity index is 1.67. The van der Waals surface area contributed by atoms with E-state index in [0.717, 1.165) is 11.3 Å². The van der Waals surface area contributed by atoms with Crippen molar-refractivity contribution in [2.24, 2.45) is 0 Å². The van der Waals surface area contributed by atoms with Crippen LogP contribution in [0.2, 0.25) is 0 Å². The number of sulfonamides is 1. The van der Waals surface area contributed by atoms with Crippen molar-refractivity contribution < 1.29 is 22.7 Å². The summed E-state index contributed by atoms with van der Waals surface area (Å²) in [5, 5.41) is 2.92. The topological polar surface area (TPSA) is 84.9 Å². The molecule has 28 heavy (non-hydrogen) atoms. The number of benzene rings is 2. The fraction of sp³-hybridized carbons (Fsp3) is 0.350. The first-order chi connectivity index (χ1) is 13.4. The number of hydrogen-bond donors (Lipinski definition) is 1. The zero-order valence-electron chi connectivity index (χ0n) is 15.9. The van der Waals surface area contributed by atoms with E-state index >= 15 is 0 Å². The Morgan fingerprint density at radius 2 is 1.68 bits per heavy atom. The van der Waals surface area contributed by atoms with E-state index < -0.39 is 10.0 Å². The number of ether oxygens (including phenoxy) is 2. The Morgan fingerprint density at radius 3 is 2.25 bits per heavy atom. The van der Waals surface area contributed by atoms with Crippen LogP contribution in [0.1, 0.15) is 28.9 Å². The van der Waals surface area contributed by atoms with Crippen molar-refractivity contribution in [3.8, 4) is 5.75 Å². The van der Waals surface area contributed by atoms with Gasteiger partial charge in [0.05, 0.1) is 31.3 Å². The Kier molecular flexibility index (Phi) is 6.33. The smallest absolute Gasteiger partial charge is 0.251 e. The normalized spacial score (nSPS) is 16.4. The number of amides is 1. The SMILES string of the molecule is COc1ccc([C@@H](C)NC(=O)c2ccc(S(=O)(=O)N3CCOCC3)cc2)cc1. The quantitative estimate of drug-likeness (QED) is 0.798. The lowest BCUT2D eigenvalue weighted by molar-refractivity contribution is 0.0730. The lowest BCUT2D eigenvalue weighted by Crippen LogP contribution is -2.40. The Hall–Kier alpha value is -2.42. The van der Waals surface area contributed by atoms with Crippen LogP contribution in [-0.4, -0.2) is 52.0 Å². The number of nitrogens with one attached hydrogen (secondary N) is 1. The van der Waals surface area contributed by atoms with Gasteiger partial charge < -0.3 is 14.8 Å². The highest BCUT2D eigenvalue weighted by atomic mass is 32.2. The van der Waals surface area contributed by atoms with E-state index in [1.54, 1.807) is 7.11 Å². The molecule has 1 fully saturated rings. The summed E-state index contributed by atoms with van der Waals surface area (Å²) in [4.78, 5) is 12.7. The molecule has 1 atom stereocenters. The van der Waals surface area contributed by atoms with Crippen molar-refractivity contribution in [2.75, 3.05) is 33.4 Å². The van der Waals surface area contributed by atoms with Gasteiger partial charge in [0.25, 0.3) is 5.91 Å². The Morgan fingerprint density at radius 1 is 1.07 bits per heavy atom. The summed E-state index contributed by atoms with van der Waals surface area (Å²) >= 11 is 0. The molecule has 7 nitrogen and oxygen atoms in total. The molecule has 1 N–H and O–H groups in total. The maximum Gasteiger partial charge on any atom is 0.251 e. The molecule has 8 heteroatoms. The van der Waals surface area contributed by atoms with E-state index in [4.69, 9.17) is 9.47 Å². The number of hydrogen-bond acceptors (Lipinski definition) is 5. The van der Waals surface area contributed by atoms with Crippen LogP contribution in [0, 0.1) is 0 Å². The number of carbonyl (C=O) groups excluding carboxylic acids is 1. The average molecular weight is 404 g/mol. The third kappa shape index (κ3) is 4.52. The number of methoxy groups -OCH3 is 1. The van der Waals surface area contributed by atoms with Crippen LogP contribution in [0.3, 0.4) is 0 Å². The molecular weight excluding hydrogens is 380 g/mol. The first-order valence-electron chi connectivity index (χ1n) is 9.04. The molecule has 0 bridgehead atoms. The molecule has 0 spiro atoms. The van der Waals surface area contributed by atoms with Crippen molar-refractivity contribution in [3.05, 3.63) is 59.7 Å². The second-order valence-corrected chi connectivity index (χ2v) is 8.45. The van der Waals surface area contributed by atoms with Crippen LogP contribution in [0.4, 0.5) is 0 Å². The number of morpholine rings is 1. The third-order valence-corrected chi connectivity index (χ3v) is 6.60. The molecule has 3 rings (SSSR count). The molecule has 150 valence electrons. The second-order valence-electron chi connectivity index (χ2n) is 6.51. The van der Waals surface area contributed by atoms with Gasteiger partial charge in [0, 0.05) is 18.7 Å². The van der Waals surface area contributed by atoms with E-state index in [2.05, 4.69) is 5.32 Å². The lowest BCUT2D eigenvalue weighted by Gasteiger charge is -2.26. The van der Waals surface area contributed by atoms with Gasteiger partial charge in [0.15, 0.2) is 0 Å². The van der Waals surface area contributed by atoms with Crippen LogP contribution in [-0.2, 0) is 14.8 Å².